The molecule has 5 aliphatic rings. The Labute approximate surface area is 210 Å². The SMILES string of the molecule is OB1C=C(C2C3CC4CC2CC(Br)(C4)C3)c2c(cnc3c2ccn3SP(I)I)O1. The molecule has 0 spiro atoms. The zero-order valence-corrected chi connectivity index (χ0v) is 23.1. The van der Waals surface area contributed by atoms with Crippen LogP contribution in [0.5, 0.6) is 5.75 Å². The number of aromatic nitrogens is 2. The monoisotopic (exact) mass is 714 g/mol. The van der Waals surface area contributed by atoms with Crippen LogP contribution in [0.1, 0.15) is 37.7 Å². The van der Waals surface area contributed by atoms with Gasteiger partial charge < -0.3 is 9.68 Å². The maximum atomic E-state index is 10.5. The maximum Gasteiger partial charge on any atom is 0.552 e. The van der Waals surface area contributed by atoms with Gasteiger partial charge in [0.1, 0.15) is 8.16 Å². The number of nitrogens with zero attached hydrogens (tertiary/aromatic N) is 2. The molecule has 4 fully saturated rings. The van der Waals surface area contributed by atoms with E-state index in [0.717, 1.165) is 22.7 Å². The predicted octanol–water partition coefficient (Wildman–Crippen LogP) is 7.01. The van der Waals surface area contributed by atoms with Crippen molar-refractivity contribution in [1.82, 2.24) is 8.96 Å². The highest BCUT2D eigenvalue weighted by Crippen LogP contribution is 2.66. The fourth-order valence-corrected chi connectivity index (χ4v) is 12.6. The molecule has 4 bridgehead atoms. The van der Waals surface area contributed by atoms with Crippen LogP contribution in [-0.2, 0) is 0 Å². The van der Waals surface area contributed by atoms with Crippen molar-refractivity contribution in [2.24, 2.45) is 23.7 Å². The van der Waals surface area contributed by atoms with E-state index in [-0.39, 0.29) is 2.41 Å². The van der Waals surface area contributed by atoms with Crippen LogP contribution >= 0.6 is 74.0 Å². The van der Waals surface area contributed by atoms with Crippen LogP contribution in [0, 0.1) is 23.7 Å². The van der Waals surface area contributed by atoms with Crippen LogP contribution in [0.25, 0.3) is 16.6 Å². The second-order valence-electron chi connectivity index (χ2n) is 8.94. The van der Waals surface area contributed by atoms with Crippen LogP contribution < -0.4 is 4.65 Å². The highest BCUT2D eigenvalue weighted by atomic mass is 127. The molecule has 0 amide bonds. The molecule has 4 aliphatic carbocycles. The molecule has 1 aliphatic heterocycles. The van der Waals surface area contributed by atoms with Crippen LogP contribution in [0.3, 0.4) is 0 Å². The molecule has 29 heavy (non-hydrogen) atoms. The Balaban J connectivity index is 1.48. The van der Waals surface area contributed by atoms with E-state index in [1.165, 1.54) is 43.2 Å². The maximum absolute atomic E-state index is 10.5. The quantitative estimate of drug-likeness (QED) is 0.161. The minimum atomic E-state index is -0.875. The van der Waals surface area contributed by atoms with E-state index < -0.39 is 7.12 Å². The highest BCUT2D eigenvalue weighted by Gasteiger charge is 2.55. The number of fused-ring (bicyclic) bond motifs is 3. The van der Waals surface area contributed by atoms with Crippen LogP contribution in [-0.4, -0.2) is 25.4 Å². The molecule has 2 atom stereocenters. The fourth-order valence-electron chi connectivity index (χ4n) is 6.68. The summed E-state index contributed by atoms with van der Waals surface area (Å²) < 4.78 is 8.17. The average Bonchev–Trinajstić information content (AvgIpc) is 3.01. The predicted molar refractivity (Wildman–Crippen MR) is 143 cm³/mol. The molecular weight excluding hydrogens is 696 g/mol. The summed E-state index contributed by atoms with van der Waals surface area (Å²) in [4.78, 5) is 4.70. The van der Waals surface area contributed by atoms with Gasteiger partial charge in [0.2, 0.25) is 0 Å². The number of hydrogen-bond acceptors (Lipinski definition) is 4. The molecule has 2 aromatic rings. The summed E-state index contributed by atoms with van der Waals surface area (Å²) >= 11 is 10.9. The van der Waals surface area contributed by atoms with Gasteiger partial charge >= 0.3 is 7.12 Å². The van der Waals surface area contributed by atoms with Crippen molar-refractivity contribution in [2.45, 2.75) is 36.4 Å². The molecule has 4 nitrogen and oxygen atoms in total. The van der Waals surface area contributed by atoms with Gasteiger partial charge in [-0.3, -0.25) is 3.97 Å². The van der Waals surface area contributed by atoms with Crippen molar-refractivity contribution < 1.29 is 9.68 Å². The first kappa shape index (κ1) is 20.6. The molecule has 4 saturated carbocycles. The molecule has 2 unspecified atom stereocenters. The lowest BCUT2D eigenvalue weighted by Crippen LogP contribution is -2.52. The van der Waals surface area contributed by atoms with Gasteiger partial charge in [-0.1, -0.05) is 15.9 Å². The van der Waals surface area contributed by atoms with E-state index in [0.29, 0.717) is 22.1 Å². The number of halogens is 3. The number of pyridine rings is 1. The van der Waals surface area contributed by atoms with Gasteiger partial charge in [-0.15, -0.1) is 0 Å². The Morgan fingerprint density at radius 2 is 2.07 bits per heavy atom. The third-order valence-electron chi connectivity index (χ3n) is 7.21. The van der Waals surface area contributed by atoms with Crippen LogP contribution in [0.4, 0.5) is 0 Å². The second kappa shape index (κ2) is 7.50. The first-order valence-corrected chi connectivity index (χ1v) is 19.0. The van der Waals surface area contributed by atoms with Gasteiger partial charge in [0.15, 0.2) is 5.65 Å². The first-order valence-electron chi connectivity index (χ1n) is 9.96. The molecule has 2 aromatic heterocycles. The minimum Gasteiger partial charge on any atom is -0.531 e. The van der Waals surface area contributed by atoms with E-state index in [2.05, 4.69) is 76.2 Å². The van der Waals surface area contributed by atoms with Crippen LogP contribution in [0.15, 0.2) is 24.4 Å². The number of rotatable bonds is 3. The third kappa shape index (κ3) is 3.47. The van der Waals surface area contributed by atoms with Crippen LogP contribution in [0.2, 0.25) is 0 Å². The van der Waals surface area contributed by atoms with Gasteiger partial charge in [0.25, 0.3) is 0 Å². The van der Waals surface area contributed by atoms with Gasteiger partial charge in [0, 0.05) is 33.0 Å². The molecule has 0 aromatic carbocycles. The Hall–Kier alpha value is 0.975. The fraction of sp³-hybridized carbons (Fsp3) is 0.526. The Kier molecular flexibility index (Phi) is 5.32. The lowest BCUT2D eigenvalue weighted by atomic mass is 9.49. The van der Waals surface area contributed by atoms with Crippen molar-refractivity contribution >= 4 is 97.7 Å². The van der Waals surface area contributed by atoms with E-state index in [1.54, 1.807) is 0 Å². The normalized spacial score (nSPS) is 35.2. The van der Waals surface area contributed by atoms with Crippen molar-refractivity contribution in [2.75, 3.05) is 0 Å². The number of allylic oxidation sites excluding steroid dienone is 1. The minimum absolute atomic E-state index is 0.191. The summed E-state index contributed by atoms with van der Waals surface area (Å²) in [5, 5.41) is 11.6. The Morgan fingerprint density at radius 3 is 2.76 bits per heavy atom. The summed E-state index contributed by atoms with van der Waals surface area (Å²) in [5.41, 5.74) is 3.48. The number of alkyl halides is 1. The van der Waals surface area contributed by atoms with Crippen molar-refractivity contribution in [1.29, 1.82) is 0 Å². The summed E-state index contributed by atoms with van der Waals surface area (Å²) in [6.07, 6.45) is 10.5. The molecule has 0 radical (unpaired) electrons. The smallest absolute Gasteiger partial charge is 0.531 e. The highest BCUT2D eigenvalue weighted by molar-refractivity contribution is 14.3. The summed E-state index contributed by atoms with van der Waals surface area (Å²) in [5.74, 6) is 5.50. The third-order valence-corrected chi connectivity index (χ3v) is 12.8. The molecular formula is C19H19BBrI2N2O2PS. The summed E-state index contributed by atoms with van der Waals surface area (Å²) in [6.45, 7) is 0. The average molecular weight is 715 g/mol. The molecule has 0 saturated heterocycles. The summed E-state index contributed by atoms with van der Waals surface area (Å²) in [6, 6.07) is 2.18. The van der Waals surface area contributed by atoms with Gasteiger partial charge in [-0.05, 0) is 117 Å². The van der Waals surface area contributed by atoms with Crippen molar-refractivity contribution in [3.05, 3.63) is 30.0 Å². The van der Waals surface area contributed by atoms with Crippen molar-refractivity contribution in [3.63, 3.8) is 0 Å². The Morgan fingerprint density at radius 1 is 1.31 bits per heavy atom. The molecule has 7 rings (SSSR count). The van der Waals surface area contributed by atoms with Gasteiger partial charge in [-0.25, -0.2) is 4.98 Å². The lowest BCUT2D eigenvalue weighted by molar-refractivity contribution is 0.00742. The first-order chi connectivity index (χ1) is 13.9. The zero-order valence-electron chi connectivity index (χ0n) is 15.5. The lowest BCUT2D eigenvalue weighted by Gasteiger charge is -2.59. The molecule has 3 heterocycles. The summed E-state index contributed by atoms with van der Waals surface area (Å²) in [7, 11) is -0.875. The number of hydrogen-bond donors (Lipinski definition) is 1. The van der Waals surface area contributed by atoms with E-state index in [1.807, 2.05) is 23.7 Å². The van der Waals surface area contributed by atoms with E-state index in [4.69, 9.17) is 9.64 Å². The molecule has 152 valence electrons. The standard InChI is InChI=1S/C19H19BBrI2N2O2PS/c21-19-5-10-3-11(6-19)16(12(4-10)7-19)14-8-20(26)27-15-9-24-18-13(17(14)15)1-2-25(18)29-28(22)23/h1-2,8-12,16,26H,3-7H2. The second-order valence-corrected chi connectivity index (χ2v) is 28.4. The zero-order chi connectivity index (χ0) is 19.9. The van der Waals surface area contributed by atoms with Crippen molar-refractivity contribution in [3.8, 4) is 5.75 Å². The van der Waals surface area contributed by atoms with E-state index in [9.17, 15) is 5.02 Å². The van der Waals surface area contributed by atoms with E-state index >= 15 is 0 Å². The van der Waals surface area contributed by atoms with Gasteiger partial charge in [0.05, 0.1) is 6.20 Å². The Bertz CT molecular complexity index is 1020. The molecule has 1 N–H and O–H groups in total. The van der Waals surface area contributed by atoms with Gasteiger partial charge in [-0.2, -0.15) is 0 Å². The topological polar surface area (TPSA) is 47.3 Å². The molecule has 10 heteroatoms. The largest absolute Gasteiger partial charge is 0.552 e.